The number of piperidine rings is 1. The predicted octanol–water partition coefficient (Wildman–Crippen LogP) is 4.38. The molecule has 1 aromatic heterocycles. The Kier molecular flexibility index (Phi) is 4.55. The molecule has 0 unspecified atom stereocenters. The van der Waals surface area contributed by atoms with Gasteiger partial charge in [0.1, 0.15) is 0 Å². The van der Waals surface area contributed by atoms with E-state index < -0.39 is 0 Å². The summed E-state index contributed by atoms with van der Waals surface area (Å²) in [6.07, 6.45) is 2.04. The third kappa shape index (κ3) is 3.32. The van der Waals surface area contributed by atoms with Crippen LogP contribution in [0.5, 0.6) is 0 Å². The largest absolute Gasteiger partial charge is 0.338 e. The van der Waals surface area contributed by atoms with Crippen LogP contribution in [0.25, 0.3) is 10.1 Å². The van der Waals surface area contributed by atoms with Crippen LogP contribution in [0.2, 0.25) is 0 Å². The summed E-state index contributed by atoms with van der Waals surface area (Å²) >= 11 is 1.60. The van der Waals surface area contributed by atoms with Gasteiger partial charge in [-0.3, -0.25) is 4.79 Å². The first kappa shape index (κ1) is 16.3. The molecule has 1 amide bonds. The van der Waals surface area contributed by atoms with E-state index in [2.05, 4.69) is 36.4 Å². The summed E-state index contributed by atoms with van der Waals surface area (Å²) in [6, 6.07) is 18.8. The maximum absolute atomic E-state index is 12.8. The van der Waals surface area contributed by atoms with Gasteiger partial charge in [0.15, 0.2) is 0 Å². The summed E-state index contributed by atoms with van der Waals surface area (Å²) in [5, 5.41) is 1.16. The molecule has 1 aliphatic heterocycles. The Morgan fingerprint density at radius 1 is 1.08 bits per heavy atom. The van der Waals surface area contributed by atoms with Crippen molar-refractivity contribution in [2.45, 2.75) is 25.3 Å². The summed E-state index contributed by atoms with van der Waals surface area (Å²) in [5.74, 6) is 0.702. The summed E-state index contributed by atoms with van der Waals surface area (Å²) in [6.45, 7) is 2.23. The van der Waals surface area contributed by atoms with Crippen molar-refractivity contribution in [1.29, 1.82) is 0 Å². The van der Waals surface area contributed by atoms with E-state index in [9.17, 15) is 4.79 Å². The van der Waals surface area contributed by atoms with E-state index in [0.29, 0.717) is 12.5 Å². The van der Waals surface area contributed by atoms with Crippen molar-refractivity contribution in [3.63, 3.8) is 0 Å². The Bertz CT molecular complexity index is 861. The first-order valence-corrected chi connectivity index (χ1v) is 9.63. The third-order valence-electron chi connectivity index (χ3n) is 5.08. The summed E-state index contributed by atoms with van der Waals surface area (Å²) in [7, 11) is 0. The van der Waals surface area contributed by atoms with Crippen LogP contribution < -0.4 is 5.73 Å². The SMILES string of the molecule is NCc1cccc(C2CCN(C(=O)c3cc4ccccc4s3)CC2)c1. The number of amides is 1. The third-order valence-corrected chi connectivity index (χ3v) is 6.18. The molecule has 0 atom stereocenters. The van der Waals surface area contributed by atoms with Gasteiger partial charge >= 0.3 is 0 Å². The van der Waals surface area contributed by atoms with Crippen LogP contribution in [0, 0.1) is 0 Å². The van der Waals surface area contributed by atoms with Gasteiger partial charge in [-0.05, 0) is 47.4 Å². The second-order valence-corrected chi connectivity index (χ2v) is 7.75. The zero-order chi connectivity index (χ0) is 17.2. The van der Waals surface area contributed by atoms with Crippen molar-refractivity contribution in [1.82, 2.24) is 4.90 Å². The summed E-state index contributed by atoms with van der Waals surface area (Å²) < 4.78 is 1.18. The van der Waals surface area contributed by atoms with Crippen LogP contribution in [0.15, 0.2) is 54.6 Å². The van der Waals surface area contributed by atoms with Crippen LogP contribution in [0.3, 0.4) is 0 Å². The van der Waals surface area contributed by atoms with Crippen molar-refractivity contribution in [3.05, 3.63) is 70.6 Å². The average Bonchev–Trinajstić information content (AvgIpc) is 3.12. The number of rotatable bonds is 3. The predicted molar refractivity (Wildman–Crippen MR) is 104 cm³/mol. The molecule has 25 heavy (non-hydrogen) atoms. The smallest absolute Gasteiger partial charge is 0.263 e. The van der Waals surface area contributed by atoms with Crippen molar-refractivity contribution >= 4 is 27.3 Å². The van der Waals surface area contributed by atoms with Crippen LogP contribution >= 0.6 is 11.3 Å². The van der Waals surface area contributed by atoms with Crippen LogP contribution in [0.4, 0.5) is 0 Å². The number of likely N-dealkylation sites (tertiary alicyclic amines) is 1. The molecular weight excluding hydrogens is 328 g/mol. The first-order chi connectivity index (χ1) is 12.2. The zero-order valence-corrected chi connectivity index (χ0v) is 15.0. The zero-order valence-electron chi connectivity index (χ0n) is 14.2. The molecule has 2 aromatic carbocycles. The lowest BCUT2D eigenvalue weighted by molar-refractivity contribution is 0.0718. The van der Waals surface area contributed by atoms with Gasteiger partial charge < -0.3 is 10.6 Å². The number of nitrogens with zero attached hydrogens (tertiary/aromatic N) is 1. The van der Waals surface area contributed by atoms with Crippen molar-refractivity contribution in [3.8, 4) is 0 Å². The molecule has 0 spiro atoms. The van der Waals surface area contributed by atoms with Gasteiger partial charge in [0.25, 0.3) is 5.91 Å². The number of carbonyl (C=O) groups excluding carboxylic acids is 1. The molecule has 2 heterocycles. The maximum Gasteiger partial charge on any atom is 0.263 e. The minimum atomic E-state index is 0.176. The van der Waals surface area contributed by atoms with Gasteiger partial charge in [-0.25, -0.2) is 0 Å². The van der Waals surface area contributed by atoms with Crippen LogP contribution in [-0.2, 0) is 6.54 Å². The van der Waals surface area contributed by atoms with Gasteiger partial charge in [-0.15, -0.1) is 11.3 Å². The second-order valence-electron chi connectivity index (χ2n) is 6.66. The molecule has 2 N–H and O–H groups in total. The molecule has 0 saturated carbocycles. The van der Waals surface area contributed by atoms with Crippen molar-refractivity contribution in [2.24, 2.45) is 5.73 Å². The number of thiophene rings is 1. The minimum absolute atomic E-state index is 0.176. The number of fused-ring (bicyclic) bond motifs is 1. The van der Waals surface area contributed by atoms with E-state index in [-0.39, 0.29) is 5.91 Å². The molecule has 128 valence electrons. The standard InChI is InChI=1S/C21H22N2OS/c22-14-15-4-3-6-17(12-15)16-8-10-23(11-9-16)21(24)20-13-18-5-1-2-7-19(18)25-20/h1-7,12-13,16H,8-11,14,22H2. The van der Waals surface area contributed by atoms with Crippen LogP contribution in [-0.4, -0.2) is 23.9 Å². The van der Waals surface area contributed by atoms with E-state index >= 15 is 0 Å². The lowest BCUT2D eigenvalue weighted by atomic mass is 9.88. The highest BCUT2D eigenvalue weighted by Crippen LogP contribution is 2.31. The molecule has 0 bridgehead atoms. The van der Waals surface area contributed by atoms with Gasteiger partial charge in [-0.2, -0.15) is 0 Å². The van der Waals surface area contributed by atoms with E-state index in [1.807, 2.05) is 23.1 Å². The van der Waals surface area contributed by atoms with Crippen molar-refractivity contribution < 1.29 is 4.79 Å². The van der Waals surface area contributed by atoms with E-state index in [1.54, 1.807) is 11.3 Å². The second kappa shape index (κ2) is 6.98. The van der Waals surface area contributed by atoms with Gasteiger partial charge in [0.2, 0.25) is 0 Å². The summed E-state index contributed by atoms with van der Waals surface area (Å²) in [5.41, 5.74) is 8.29. The fraction of sp³-hybridized carbons (Fsp3) is 0.286. The van der Waals surface area contributed by atoms with Crippen molar-refractivity contribution in [2.75, 3.05) is 13.1 Å². The molecule has 3 aromatic rings. The molecule has 3 nitrogen and oxygen atoms in total. The average molecular weight is 350 g/mol. The minimum Gasteiger partial charge on any atom is -0.338 e. The Morgan fingerprint density at radius 2 is 1.88 bits per heavy atom. The monoisotopic (exact) mass is 350 g/mol. The molecule has 1 fully saturated rings. The van der Waals surface area contributed by atoms with E-state index in [1.165, 1.54) is 15.8 Å². The first-order valence-electron chi connectivity index (χ1n) is 8.81. The van der Waals surface area contributed by atoms with E-state index in [4.69, 9.17) is 5.73 Å². The fourth-order valence-corrected chi connectivity index (χ4v) is 4.66. The van der Waals surface area contributed by atoms with Crippen LogP contribution in [0.1, 0.15) is 39.6 Å². The fourth-order valence-electron chi connectivity index (χ4n) is 3.63. The number of nitrogens with two attached hydrogens (primary N) is 1. The van der Waals surface area contributed by atoms with Gasteiger partial charge in [-0.1, -0.05) is 42.5 Å². The molecule has 4 rings (SSSR count). The van der Waals surface area contributed by atoms with E-state index in [0.717, 1.165) is 36.2 Å². The highest BCUT2D eigenvalue weighted by Gasteiger charge is 2.25. The number of hydrogen-bond donors (Lipinski definition) is 1. The summed E-state index contributed by atoms with van der Waals surface area (Å²) in [4.78, 5) is 15.7. The Hall–Kier alpha value is -2.17. The molecule has 1 aliphatic rings. The number of hydrogen-bond acceptors (Lipinski definition) is 3. The Morgan fingerprint density at radius 3 is 2.64 bits per heavy atom. The molecule has 4 heteroatoms. The quantitative estimate of drug-likeness (QED) is 0.762. The topological polar surface area (TPSA) is 46.3 Å². The lowest BCUT2D eigenvalue weighted by Gasteiger charge is -2.32. The lowest BCUT2D eigenvalue weighted by Crippen LogP contribution is -2.37. The van der Waals surface area contributed by atoms with Gasteiger partial charge in [0, 0.05) is 24.3 Å². The maximum atomic E-state index is 12.8. The molecule has 0 aliphatic carbocycles. The van der Waals surface area contributed by atoms with Gasteiger partial charge in [0.05, 0.1) is 4.88 Å². The Labute approximate surface area is 152 Å². The highest BCUT2D eigenvalue weighted by atomic mass is 32.1. The number of carbonyl (C=O) groups is 1. The molecule has 0 radical (unpaired) electrons. The molecular formula is C21H22N2OS. The Balaban J connectivity index is 1.45. The normalized spacial score (nSPS) is 15.6. The molecule has 1 saturated heterocycles. The highest BCUT2D eigenvalue weighted by molar-refractivity contribution is 7.20. The number of benzene rings is 2.